The predicted molar refractivity (Wildman–Crippen MR) is 79.9 cm³/mol. The van der Waals surface area contributed by atoms with Gasteiger partial charge in [-0.2, -0.15) is 23.5 Å². The van der Waals surface area contributed by atoms with Crippen LogP contribution in [0.4, 0.5) is 17.6 Å². The van der Waals surface area contributed by atoms with Gasteiger partial charge in [0.2, 0.25) is 0 Å². The second-order valence-corrected chi connectivity index (χ2v) is 5.90. The summed E-state index contributed by atoms with van der Waals surface area (Å²) in [6.07, 6.45) is -3.00. The van der Waals surface area contributed by atoms with Gasteiger partial charge in [0.25, 0.3) is 0 Å². The predicted octanol–water partition coefficient (Wildman–Crippen LogP) is 5.26. The molecule has 0 radical (unpaired) electrons. The Hall–Kier alpha value is -1.43. The highest BCUT2D eigenvalue weighted by Crippen LogP contribution is 2.39. The van der Waals surface area contributed by atoms with Crippen LogP contribution in [0.1, 0.15) is 17.0 Å². The summed E-state index contributed by atoms with van der Waals surface area (Å²) in [5, 5.41) is 12.2. The molecule has 0 unspecified atom stereocenters. The molecular formula is C13H7Cl2F4N3S. The van der Waals surface area contributed by atoms with Crippen molar-refractivity contribution in [3.05, 3.63) is 39.1 Å². The van der Waals surface area contributed by atoms with E-state index in [1.165, 1.54) is 0 Å². The summed E-state index contributed by atoms with van der Waals surface area (Å²) in [5.41, 5.74) is -1.20. The molecule has 122 valence electrons. The fraction of sp³-hybridized carbons (Fsp3) is 0.231. The molecule has 0 fully saturated rings. The zero-order valence-corrected chi connectivity index (χ0v) is 13.7. The first-order valence-electron chi connectivity index (χ1n) is 5.93. The Morgan fingerprint density at radius 2 is 1.87 bits per heavy atom. The van der Waals surface area contributed by atoms with Crippen LogP contribution >= 0.6 is 35.0 Å². The minimum Gasteiger partial charge on any atom is -0.244 e. The highest BCUT2D eigenvalue weighted by molar-refractivity contribution is 7.98. The molecule has 2 aromatic rings. The molecule has 0 amide bonds. The highest BCUT2D eigenvalue weighted by Gasteiger charge is 2.33. The van der Waals surface area contributed by atoms with Gasteiger partial charge in [-0.15, -0.1) is 11.8 Å². The normalized spacial score (nSPS) is 11.6. The maximum Gasteiger partial charge on any atom is 0.416 e. The van der Waals surface area contributed by atoms with Crippen molar-refractivity contribution in [3.63, 3.8) is 0 Å². The maximum absolute atomic E-state index is 13.4. The van der Waals surface area contributed by atoms with E-state index < -0.39 is 18.4 Å². The van der Waals surface area contributed by atoms with Gasteiger partial charge in [-0.3, -0.25) is 0 Å². The number of benzene rings is 1. The van der Waals surface area contributed by atoms with E-state index in [2.05, 4.69) is 5.10 Å². The number of hydrogen-bond acceptors (Lipinski definition) is 3. The Morgan fingerprint density at radius 3 is 2.26 bits per heavy atom. The quantitative estimate of drug-likeness (QED) is 0.536. The van der Waals surface area contributed by atoms with E-state index in [0.717, 1.165) is 16.4 Å². The van der Waals surface area contributed by atoms with Crippen molar-refractivity contribution < 1.29 is 17.6 Å². The maximum atomic E-state index is 13.4. The molecule has 0 aliphatic rings. The van der Waals surface area contributed by atoms with Crippen molar-refractivity contribution in [3.8, 4) is 11.8 Å². The zero-order chi connectivity index (χ0) is 17.4. The van der Waals surface area contributed by atoms with Crippen LogP contribution in [0, 0.1) is 11.3 Å². The third-order valence-electron chi connectivity index (χ3n) is 2.93. The van der Waals surface area contributed by atoms with E-state index in [1.807, 2.05) is 0 Å². The summed E-state index contributed by atoms with van der Waals surface area (Å²) in [5.74, 6) is 0. The van der Waals surface area contributed by atoms with E-state index in [0.29, 0.717) is 12.1 Å². The van der Waals surface area contributed by atoms with Crippen LogP contribution in [-0.4, -0.2) is 16.0 Å². The lowest BCUT2D eigenvalue weighted by molar-refractivity contribution is -0.137. The van der Waals surface area contributed by atoms with E-state index >= 15 is 0 Å². The second kappa shape index (κ2) is 6.59. The number of rotatable bonds is 3. The first-order valence-corrected chi connectivity index (χ1v) is 7.91. The number of hydrogen-bond donors (Lipinski definition) is 0. The largest absolute Gasteiger partial charge is 0.416 e. The zero-order valence-electron chi connectivity index (χ0n) is 11.4. The van der Waals surface area contributed by atoms with Crippen LogP contribution in [-0.2, 0) is 12.9 Å². The van der Waals surface area contributed by atoms with E-state index in [4.69, 9.17) is 28.5 Å². The number of halogens is 6. The van der Waals surface area contributed by atoms with Gasteiger partial charge in [0.1, 0.15) is 18.4 Å². The third kappa shape index (κ3) is 3.27. The van der Waals surface area contributed by atoms with Crippen molar-refractivity contribution in [2.24, 2.45) is 0 Å². The molecule has 0 saturated carbocycles. The molecule has 2 rings (SSSR count). The molecule has 3 nitrogen and oxygen atoms in total. The van der Waals surface area contributed by atoms with Crippen LogP contribution < -0.4 is 0 Å². The van der Waals surface area contributed by atoms with Gasteiger partial charge < -0.3 is 0 Å². The molecule has 23 heavy (non-hydrogen) atoms. The van der Waals surface area contributed by atoms with Gasteiger partial charge in [-0.05, 0) is 18.4 Å². The van der Waals surface area contributed by atoms with Crippen LogP contribution in [0.3, 0.4) is 0 Å². The number of thioether (sulfide) groups is 1. The standard InChI is InChI=1S/C13H7Cl2F4N3S/c1-23-12-9(5-20)21-22(10(12)4-16)11-7(14)2-6(3-8(11)15)13(17,18)19/h2-3H,4H2,1H3. The number of nitriles is 1. The molecule has 0 aliphatic carbocycles. The lowest BCUT2D eigenvalue weighted by atomic mass is 10.2. The number of aromatic nitrogens is 2. The van der Waals surface area contributed by atoms with Crippen molar-refractivity contribution in [2.75, 3.05) is 6.26 Å². The average Bonchev–Trinajstić information content (AvgIpc) is 2.82. The molecule has 0 aliphatic heterocycles. The molecule has 0 spiro atoms. The van der Waals surface area contributed by atoms with Gasteiger partial charge in [-0.1, -0.05) is 23.2 Å². The molecule has 0 bridgehead atoms. The average molecular weight is 384 g/mol. The fourth-order valence-electron chi connectivity index (χ4n) is 1.96. The van der Waals surface area contributed by atoms with Gasteiger partial charge in [-0.25, -0.2) is 9.07 Å². The van der Waals surface area contributed by atoms with E-state index in [1.54, 1.807) is 12.3 Å². The highest BCUT2D eigenvalue weighted by atomic mass is 35.5. The fourth-order valence-corrected chi connectivity index (χ4v) is 3.26. The van der Waals surface area contributed by atoms with Gasteiger partial charge in [0.15, 0.2) is 5.69 Å². The van der Waals surface area contributed by atoms with Crippen molar-refractivity contribution >= 4 is 35.0 Å². The molecule has 1 aromatic carbocycles. The lowest BCUT2D eigenvalue weighted by Gasteiger charge is -2.13. The molecule has 0 atom stereocenters. The minimum absolute atomic E-state index is 0.00221. The summed E-state index contributed by atoms with van der Waals surface area (Å²) in [6, 6.07) is 3.16. The van der Waals surface area contributed by atoms with E-state index in [-0.39, 0.29) is 32.0 Å². The van der Waals surface area contributed by atoms with Gasteiger partial charge in [0.05, 0.1) is 26.2 Å². The van der Waals surface area contributed by atoms with Crippen LogP contribution in [0.2, 0.25) is 10.0 Å². The van der Waals surface area contributed by atoms with Crippen molar-refractivity contribution in [2.45, 2.75) is 17.7 Å². The van der Waals surface area contributed by atoms with Crippen LogP contribution in [0.5, 0.6) is 0 Å². The molecule has 10 heteroatoms. The second-order valence-electron chi connectivity index (χ2n) is 4.27. The molecule has 0 saturated heterocycles. The molecule has 1 heterocycles. The van der Waals surface area contributed by atoms with Crippen LogP contribution in [0.15, 0.2) is 17.0 Å². The SMILES string of the molecule is CSc1c(C#N)nn(-c2c(Cl)cc(C(F)(F)F)cc2Cl)c1CF. The Kier molecular flexibility index (Phi) is 5.14. The minimum atomic E-state index is -4.62. The summed E-state index contributed by atoms with van der Waals surface area (Å²) >= 11 is 12.9. The third-order valence-corrected chi connectivity index (χ3v) is 4.34. The summed E-state index contributed by atoms with van der Waals surface area (Å²) < 4.78 is 52.6. The van der Waals surface area contributed by atoms with Gasteiger partial charge in [0, 0.05) is 0 Å². The van der Waals surface area contributed by atoms with Crippen molar-refractivity contribution in [1.29, 1.82) is 5.26 Å². The Bertz CT molecular complexity index is 773. The first kappa shape index (κ1) is 17.9. The monoisotopic (exact) mass is 383 g/mol. The Labute approximate surface area is 142 Å². The van der Waals surface area contributed by atoms with Crippen LogP contribution in [0.25, 0.3) is 5.69 Å². The summed E-state index contributed by atoms with van der Waals surface area (Å²) in [6.45, 7) is -0.988. The summed E-state index contributed by atoms with van der Waals surface area (Å²) in [4.78, 5) is 0.280. The molecule has 1 aromatic heterocycles. The number of alkyl halides is 4. The van der Waals surface area contributed by atoms with Gasteiger partial charge >= 0.3 is 6.18 Å². The smallest absolute Gasteiger partial charge is 0.244 e. The Balaban J connectivity index is 2.74. The molecule has 0 N–H and O–H groups in total. The van der Waals surface area contributed by atoms with E-state index in [9.17, 15) is 17.6 Å². The van der Waals surface area contributed by atoms with Crippen molar-refractivity contribution in [1.82, 2.24) is 9.78 Å². The first-order chi connectivity index (χ1) is 10.7. The lowest BCUT2D eigenvalue weighted by Crippen LogP contribution is -2.08. The Morgan fingerprint density at radius 1 is 1.30 bits per heavy atom. The topological polar surface area (TPSA) is 41.6 Å². The molecular weight excluding hydrogens is 377 g/mol. The summed E-state index contributed by atoms with van der Waals surface area (Å²) in [7, 11) is 0. The number of nitrogens with zero attached hydrogens (tertiary/aromatic N) is 3.